The second-order valence-corrected chi connectivity index (χ2v) is 6.73. The Hall–Kier alpha value is -3.57. The molecule has 3 aromatic rings. The van der Waals surface area contributed by atoms with E-state index >= 15 is 0 Å². The van der Waals surface area contributed by atoms with Gasteiger partial charge in [-0.05, 0) is 48.1 Å². The Labute approximate surface area is 174 Å². The molecule has 1 heterocycles. The predicted octanol–water partition coefficient (Wildman–Crippen LogP) is 2.71. The smallest absolute Gasteiger partial charge is 0.243 e. The number of nitrogens with one attached hydrogen (secondary N) is 4. The summed E-state index contributed by atoms with van der Waals surface area (Å²) in [4.78, 5) is 15.8. The van der Waals surface area contributed by atoms with Crippen LogP contribution in [0.25, 0.3) is 10.9 Å². The maximum atomic E-state index is 12.6. The average Bonchev–Trinajstić information content (AvgIpc) is 3.15. The number of methoxy groups -OCH3 is 1. The van der Waals surface area contributed by atoms with Crippen LogP contribution in [-0.4, -0.2) is 35.7 Å². The van der Waals surface area contributed by atoms with Gasteiger partial charge >= 0.3 is 0 Å². The largest absolute Gasteiger partial charge is 0.497 e. The number of nitriles is 1. The molecule has 0 saturated heterocycles. The fourth-order valence-electron chi connectivity index (χ4n) is 2.98. The molecule has 0 saturated carbocycles. The average molecular weight is 407 g/mol. The van der Waals surface area contributed by atoms with Crippen LogP contribution in [0.2, 0.25) is 0 Å². The third-order valence-corrected chi connectivity index (χ3v) is 4.63. The van der Waals surface area contributed by atoms with Gasteiger partial charge in [0.25, 0.3) is 0 Å². The number of thiocarbonyl (C=S) groups is 1. The van der Waals surface area contributed by atoms with E-state index in [2.05, 4.69) is 20.9 Å². The van der Waals surface area contributed by atoms with E-state index in [1.807, 2.05) is 60.8 Å². The number of carbonyl (C=O) groups is 1. The molecule has 2 aromatic carbocycles. The van der Waals surface area contributed by atoms with Crippen LogP contribution in [0, 0.1) is 11.3 Å². The standard InChI is InChI=1S/C21H21N5O2S/c1-28-16-8-6-15(7-9-16)25-21(29)26-19(20(27)23-11-10-22)12-14-13-24-18-5-3-2-4-17(14)18/h2-9,13,19,24H,11-12H2,1H3,(H,23,27)(H2,25,26,29). The maximum Gasteiger partial charge on any atom is 0.243 e. The molecule has 0 radical (unpaired) electrons. The first-order chi connectivity index (χ1) is 14.1. The van der Waals surface area contributed by atoms with Gasteiger partial charge in [0.1, 0.15) is 18.3 Å². The minimum Gasteiger partial charge on any atom is -0.497 e. The van der Waals surface area contributed by atoms with Gasteiger partial charge in [0.2, 0.25) is 5.91 Å². The molecule has 29 heavy (non-hydrogen) atoms. The Bertz CT molecular complexity index is 1040. The van der Waals surface area contributed by atoms with Gasteiger partial charge in [0.15, 0.2) is 5.11 Å². The van der Waals surface area contributed by atoms with E-state index in [1.165, 1.54) is 0 Å². The van der Waals surface area contributed by atoms with Crippen LogP contribution in [0.5, 0.6) is 5.75 Å². The second kappa shape index (κ2) is 9.57. The summed E-state index contributed by atoms with van der Waals surface area (Å²) in [5.74, 6) is 0.443. The second-order valence-electron chi connectivity index (χ2n) is 6.32. The Morgan fingerprint density at radius 1 is 1.24 bits per heavy atom. The van der Waals surface area contributed by atoms with Crippen LogP contribution in [-0.2, 0) is 11.2 Å². The van der Waals surface area contributed by atoms with Gasteiger partial charge in [-0.15, -0.1) is 0 Å². The maximum absolute atomic E-state index is 12.6. The van der Waals surface area contributed by atoms with Gasteiger partial charge in [0, 0.05) is 29.2 Å². The zero-order valence-electron chi connectivity index (χ0n) is 15.9. The summed E-state index contributed by atoms with van der Waals surface area (Å²) in [6, 6.07) is 16.5. The molecule has 0 fully saturated rings. The van der Waals surface area contributed by atoms with Gasteiger partial charge in [-0.3, -0.25) is 4.79 Å². The van der Waals surface area contributed by atoms with Gasteiger partial charge in [-0.1, -0.05) is 18.2 Å². The first-order valence-corrected chi connectivity index (χ1v) is 9.42. The minimum atomic E-state index is -0.638. The molecule has 0 bridgehead atoms. The van der Waals surface area contributed by atoms with Crippen LogP contribution in [0.4, 0.5) is 5.69 Å². The van der Waals surface area contributed by atoms with Crippen molar-refractivity contribution in [2.45, 2.75) is 12.5 Å². The summed E-state index contributed by atoms with van der Waals surface area (Å²) in [6.07, 6.45) is 2.29. The lowest BCUT2D eigenvalue weighted by Crippen LogP contribution is -2.49. The number of ether oxygens (including phenoxy) is 1. The molecule has 3 rings (SSSR count). The summed E-state index contributed by atoms with van der Waals surface area (Å²) in [5, 5.41) is 18.9. The Morgan fingerprint density at radius 3 is 2.72 bits per heavy atom. The van der Waals surface area contributed by atoms with E-state index in [-0.39, 0.29) is 12.5 Å². The van der Waals surface area contributed by atoms with Crippen LogP contribution in [0.1, 0.15) is 5.56 Å². The third kappa shape index (κ3) is 5.24. The van der Waals surface area contributed by atoms with Crippen LogP contribution in [0.15, 0.2) is 54.7 Å². The number of aromatic nitrogens is 1. The van der Waals surface area contributed by atoms with E-state index in [0.717, 1.165) is 27.9 Å². The fourth-order valence-corrected chi connectivity index (χ4v) is 3.24. The number of amides is 1. The molecule has 148 valence electrons. The summed E-state index contributed by atoms with van der Waals surface area (Å²) in [7, 11) is 1.60. The molecular formula is C21H21N5O2S. The Morgan fingerprint density at radius 2 is 2.00 bits per heavy atom. The lowest BCUT2D eigenvalue weighted by atomic mass is 10.0. The summed E-state index contributed by atoms with van der Waals surface area (Å²) in [5.41, 5.74) is 2.75. The highest BCUT2D eigenvalue weighted by Gasteiger charge is 2.21. The van der Waals surface area contributed by atoms with E-state index in [0.29, 0.717) is 11.5 Å². The number of para-hydroxylation sites is 1. The normalized spacial score (nSPS) is 11.3. The van der Waals surface area contributed by atoms with Crippen molar-refractivity contribution < 1.29 is 9.53 Å². The predicted molar refractivity (Wildman–Crippen MR) is 117 cm³/mol. The quantitative estimate of drug-likeness (QED) is 0.355. The van der Waals surface area contributed by atoms with E-state index < -0.39 is 6.04 Å². The van der Waals surface area contributed by atoms with Gasteiger partial charge in [0.05, 0.1) is 13.2 Å². The molecule has 4 N–H and O–H groups in total. The van der Waals surface area contributed by atoms with Gasteiger partial charge in [-0.25, -0.2) is 0 Å². The molecular weight excluding hydrogens is 386 g/mol. The van der Waals surface area contributed by atoms with Gasteiger partial charge in [-0.2, -0.15) is 5.26 Å². The van der Waals surface area contributed by atoms with Gasteiger partial charge < -0.3 is 25.7 Å². The zero-order valence-corrected chi connectivity index (χ0v) is 16.7. The number of H-pyrrole nitrogens is 1. The van der Waals surface area contributed by atoms with Crippen LogP contribution in [0.3, 0.4) is 0 Å². The van der Waals surface area contributed by atoms with Crippen LogP contribution < -0.4 is 20.7 Å². The lowest BCUT2D eigenvalue weighted by molar-refractivity contribution is -0.122. The molecule has 1 atom stereocenters. The molecule has 8 heteroatoms. The summed E-state index contributed by atoms with van der Waals surface area (Å²) in [6.45, 7) is -0.0659. The Kier molecular flexibility index (Phi) is 6.66. The van der Waals surface area contributed by atoms with Crippen molar-refractivity contribution in [3.05, 3.63) is 60.3 Å². The van der Waals surface area contributed by atoms with Crippen molar-refractivity contribution in [1.82, 2.24) is 15.6 Å². The molecule has 0 aliphatic carbocycles. The zero-order chi connectivity index (χ0) is 20.6. The van der Waals surface area contributed by atoms with E-state index in [4.69, 9.17) is 22.2 Å². The highest BCUT2D eigenvalue weighted by Crippen LogP contribution is 2.19. The van der Waals surface area contributed by atoms with Crippen molar-refractivity contribution in [3.63, 3.8) is 0 Å². The van der Waals surface area contributed by atoms with Crippen molar-refractivity contribution >= 4 is 39.8 Å². The number of aromatic amines is 1. The molecule has 0 aliphatic heterocycles. The molecule has 1 unspecified atom stereocenters. The fraction of sp³-hybridized carbons (Fsp3) is 0.190. The number of carbonyl (C=O) groups excluding carboxylic acids is 1. The van der Waals surface area contributed by atoms with E-state index in [9.17, 15) is 4.79 Å². The highest BCUT2D eigenvalue weighted by atomic mass is 32.1. The van der Waals surface area contributed by atoms with E-state index in [1.54, 1.807) is 7.11 Å². The molecule has 0 aliphatic rings. The lowest BCUT2D eigenvalue weighted by Gasteiger charge is -2.20. The number of hydrogen-bond acceptors (Lipinski definition) is 4. The third-order valence-electron chi connectivity index (χ3n) is 4.41. The Balaban J connectivity index is 1.73. The molecule has 1 amide bonds. The van der Waals surface area contributed by atoms with Crippen molar-refractivity contribution in [2.75, 3.05) is 19.0 Å². The minimum absolute atomic E-state index is 0.0659. The highest BCUT2D eigenvalue weighted by molar-refractivity contribution is 7.80. The molecule has 0 spiro atoms. The van der Waals surface area contributed by atoms with Crippen LogP contribution >= 0.6 is 12.2 Å². The number of hydrogen-bond donors (Lipinski definition) is 4. The monoisotopic (exact) mass is 407 g/mol. The summed E-state index contributed by atoms with van der Waals surface area (Å²) >= 11 is 5.39. The number of rotatable bonds is 7. The SMILES string of the molecule is COc1ccc(NC(=S)NC(Cc2c[nH]c3ccccc23)C(=O)NCC#N)cc1. The first kappa shape index (κ1) is 20.2. The number of fused-ring (bicyclic) bond motifs is 1. The number of anilines is 1. The number of benzene rings is 2. The number of nitrogens with zero attached hydrogens (tertiary/aromatic N) is 1. The van der Waals surface area contributed by atoms with Crippen molar-refractivity contribution in [1.29, 1.82) is 5.26 Å². The topological polar surface area (TPSA) is 102 Å². The van der Waals surface area contributed by atoms with Crippen molar-refractivity contribution in [3.8, 4) is 11.8 Å². The summed E-state index contributed by atoms with van der Waals surface area (Å²) < 4.78 is 5.14. The molecule has 1 aromatic heterocycles. The molecule has 7 nitrogen and oxygen atoms in total. The first-order valence-electron chi connectivity index (χ1n) is 9.02. The van der Waals surface area contributed by atoms with Crippen molar-refractivity contribution in [2.24, 2.45) is 0 Å².